The van der Waals surface area contributed by atoms with Crippen molar-refractivity contribution >= 4 is 0 Å². The molecule has 0 unspecified atom stereocenters. The summed E-state index contributed by atoms with van der Waals surface area (Å²) in [5.41, 5.74) is 0. The molecule has 2 saturated carbocycles. The van der Waals surface area contributed by atoms with Crippen molar-refractivity contribution in [3.63, 3.8) is 0 Å². The molecule has 4 atom stereocenters. The second-order valence-electron chi connectivity index (χ2n) is 6.30. The van der Waals surface area contributed by atoms with Crippen LogP contribution in [-0.4, -0.2) is 37.1 Å². The Morgan fingerprint density at radius 3 is 2.75 bits per heavy atom. The molecular weight excluding hydrogens is 196 g/mol. The number of nitrogens with zero attached hydrogens (tertiary/aromatic N) is 1. The molecule has 0 aromatic heterocycles. The van der Waals surface area contributed by atoms with Gasteiger partial charge in [0, 0.05) is 12.1 Å². The summed E-state index contributed by atoms with van der Waals surface area (Å²) in [4.78, 5) is 2.54. The molecule has 2 aliphatic carbocycles. The van der Waals surface area contributed by atoms with Crippen molar-refractivity contribution in [1.29, 1.82) is 0 Å². The van der Waals surface area contributed by atoms with E-state index in [-0.39, 0.29) is 0 Å². The maximum Gasteiger partial charge on any atom is 0.0105 e. The molecule has 1 heterocycles. The van der Waals surface area contributed by atoms with Crippen molar-refractivity contribution < 1.29 is 0 Å². The Morgan fingerprint density at radius 1 is 1.19 bits per heavy atom. The second-order valence-corrected chi connectivity index (χ2v) is 6.30. The Labute approximate surface area is 99.8 Å². The van der Waals surface area contributed by atoms with Crippen LogP contribution in [0.25, 0.3) is 0 Å². The topological polar surface area (TPSA) is 15.3 Å². The molecule has 3 rings (SSSR count). The van der Waals surface area contributed by atoms with Crippen LogP contribution in [0.15, 0.2) is 0 Å². The molecule has 92 valence electrons. The molecule has 2 bridgehead atoms. The minimum atomic E-state index is 0.867. The van der Waals surface area contributed by atoms with Gasteiger partial charge in [-0.3, -0.25) is 0 Å². The largest absolute Gasteiger partial charge is 0.314 e. The smallest absolute Gasteiger partial charge is 0.0105 e. The molecule has 16 heavy (non-hydrogen) atoms. The fourth-order valence-electron chi connectivity index (χ4n) is 4.27. The van der Waals surface area contributed by atoms with Gasteiger partial charge in [-0.05, 0) is 70.5 Å². The lowest BCUT2D eigenvalue weighted by Crippen LogP contribution is -2.37. The molecular formula is C14H26N2. The maximum atomic E-state index is 3.83. The van der Waals surface area contributed by atoms with Gasteiger partial charge in [0.25, 0.3) is 0 Å². The zero-order valence-corrected chi connectivity index (χ0v) is 10.6. The molecule has 0 aromatic rings. The average Bonchev–Trinajstić information content (AvgIpc) is 2.96. The Morgan fingerprint density at radius 2 is 2.12 bits per heavy atom. The summed E-state index contributed by atoms with van der Waals surface area (Å²) in [7, 11) is 2.29. The van der Waals surface area contributed by atoms with Gasteiger partial charge < -0.3 is 10.2 Å². The van der Waals surface area contributed by atoms with Gasteiger partial charge in [0.1, 0.15) is 0 Å². The monoisotopic (exact) mass is 222 g/mol. The van der Waals surface area contributed by atoms with Crippen molar-refractivity contribution in [3.8, 4) is 0 Å². The molecule has 0 amide bonds. The normalized spacial score (nSPS) is 43.3. The molecule has 1 N–H and O–H groups in total. The van der Waals surface area contributed by atoms with E-state index in [9.17, 15) is 0 Å². The van der Waals surface area contributed by atoms with E-state index >= 15 is 0 Å². The van der Waals surface area contributed by atoms with Gasteiger partial charge in [-0.1, -0.05) is 6.42 Å². The van der Waals surface area contributed by atoms with Gasteiger partial charge in [-0.2, -0.15) is 0 Å². The number of rotatable bonds is 4. The van der Waals surface area contributed by atoms with Crippen molar-refractivity contribution in [2.75, 3.05) is 20.1 Å². The Kier molecular flexibility index (Phi) is 3.21. The van der Waals surface area contributed by atoms with Crippen LogP contribution in [0, 0.1) is 11.8 Å². The zero-order chi connectivity index (χ0) is 11.0. The third-order valence-corrected chi connectivity index (χ3v) is 5.29. The first kappa shape index (κ1) is 11.0. The van der Waals surface area contributed by atoms with E-state index in [0.29, 0.717) is 0 Å². The van der Waals surface area contributed by atoms with Gasteiger partial charge in [0.05, 0.1) is 0 Å². The second kappa shape index (κ2) is 4.66. The Balaban J connectivity index is 1.37. The number of likely N-dealkylation sites (tertiary alicyclic amines) is 1. The zero-order valence-electron chi connectivity index (χ0n) is 10.6. The molecule has 0 spiro atoms. The molecule has 1 saturated heterocycles. The van der Waals surface area contributed by atoms with Crippen LogP contribution in [0.1, 0.15) is 44.9 Å². The predicted octanol–water partition coefficient (Wildman–Crippen LogP) is 2.25. The van der Waals surface area contributed by atoms with E-state index < -0.39 is 0 Å². The van der Waals surface area contributed by atoms with Gasteiger partial charge in [0.15, 0.2) is 0 Å². The highest BCUT2D eigenvalue weighted by molar-refractivity contribution is 4.94. The first-order valence-corrected chi connectivity index (χ1v) is 7.26. The summed E-state index contributed by atoms with van der Waals surface area (Å²) in [6, 6.07) is 1.75. The van der Waals surface area contributed by atoms with Gasteiger partial charge in [-0.25, -0.2) is 0 Å². The fraction of sp³-hybridized carbons (Fsp3) is 1.00. The maximum absolute atomic E-state index is 3.83. The molecule has 2 nitrogen and oxygen atoms in total. The first-order chi connectivity index (χ1) is 7.83. The van der Waals surface area contributed by atoms with Crippen LogP contribution < -0.4 is 5.32 Å². The Hall–Kier alpha value is -0.0800. The van der Waals surface area contributed by atoms with Crippen LogP contribution in [0.3, 0.4) is 0 Å². The number of nitrogens with one attached hydrogen (secondary N) is 1. The SMILES string of the molecule is CN1CCC[C@H]1CCN[C@@H]1C[C@@H]2CC[C@@H]1C2. The summed E-state index contributed by atoms with van der Waals surface area (Å²) in [5, 5.41) is 3.83. The minimum Gasteiger partial charge on any atom is -0.314 e. The van der Waals surface area contributed by atoms with Gasteiger partial charge in [-0.15, -0.1) is 0 Å². The van der Waals surface area contributed by atoms with Gasteiger partial charge >= 0.3 is 0 Å². The third-order valence-electron chi connectivity index (χ3n) is 5.29. The summed E-state index contributed by atoms with van der Waals surface area (Å²) in [5.74, 6) is 2.11. The standard InChI is InChI=1S/C14H26N2/c1-16-8-2-3-13(16)6-7-15-14-10-11-4-5-12(14)9-11/h11-15H,2-10H2,1H3/t11-,12-,13+,14-/m1/s1. The molecule has 2 heteroatoms. The van der Waals surface area contributed by atoms with Crippen molar-refractivity contribution in [3.05, 3.63) is 0 Å². The summed E-state index contributed by atoms with van der Waals surface area (Å²) in [6.07, 6.45) is 10.2. The van der Waals surface area contributed by atoms with Crippen LogP contribution in [0.5, 0.6) is 0 Å². The first-order valence-electron chi connectivity index (χ1n) is 7.26. The van der Waals surface area contributed by atoms with Crippen molar-refractivity contribution in [2.24, 2.45) is 11.8 Å². The molecule has 0 radical (unpaired) electrons. The number of hydrogen-bond acceptors (Lipinski definition) is 2. The van der Waals surface area contributed by atoms with Crippen LogP contribution in [-0.2, 0) is 0 Å². The lowest BCUT2D eigenvalue weighted by atomic mass is 9.95. The predicted molar refractivity (Wildman–Crippen MR) is 67.5 cm³/mol. The lowest BCUT2D eigenvalue weighted by molar-refractivity contribution is 0.279. The number of hydrogen-bond donors (Lipinski definition) is 1. The van der Waals surface area contributed by atoms with E-state index in [0.717, 1.165) is 23.9 Å². The van der Waals surface area contributed by atoms with Gasteiger partial charge in [0.2, 0.25) is 0 Å². The van der Waals surface area contributed by atoms with Crippen molar-refractivity contribution in [2.45, 2.75) is 57.0 Å². The van der Waals surface area contributed by atoms with E-state index in [1.165, 1.54) is 58.0 Å². The van der Waals surface area contributed by atoms with E-state index in [2.05, 4.69) is 17.3 Å². The summed E-state index contributed by atoms with van der Waals surface area (Å²) in [6.45, 7) is 2.57. The van der Waals surface area contributed by atoms with E-state index in [4.69, 9.17) is 0 Å². The lowest BCUT2D eigenvalue weighted by Gasteiger charge is -2.25. The van der Waals surface area contributed by atoms with Crippen LogP contribution in [0.4, 0.5) is 0 Å². The highest BCUT2D eigenvalue weighted by atomic mass is 15.1. The molecule has 0 aromatic carbocycles. The van der Waals surface area contributed by atoms with Crippen LogP contribution in [0.2, 0.25) is 0 Å². The van der Waals surface area contributed by atoms with Crippen molar-refractivity contribution in [1.82, 2.24) is 10.2 Å². The summed E-state index contributed by atoms with van der Waals surface area (Å²) >= 11 is 0. The highest BCUT2D eigenvalue weighted by Gasteiger charge is 2.39. The average molecular weight is 222 g/mol. The molecule has 1 aliphatic heterocycles. The quantitative estimate of drug-likeness (QED) is 0.785. The fourth-order valence-corrected chi connectivity index (χ4v) is 4.27. The Bertz CT molecular complexity index is 241. The van der Waals surface area contributed by atoms with E-state index in [1.54, 1.807) is 0 Å². The van der Waals surface area contributed by atoms with Crippen LogP contribution >= 0.6 is 0 Å². The highest BCUT2D eigenvalue weighted by Crippen LogP contribution is 2.44. The molecule has 3 aliphatic rings. The third kappa shape index (κ3) is 2.14. The van der Waals surface area contributed by atoms with E-state index in [1.807, 2.05) is 0 Å². The minimum absolute atomic E-state index is 0.867. The summed E-state index contributed by atoms with van der Waals surface area (Å²) < 4.78 is 0. The molecule has 3 fully saturated rings. The number of fused-ring (bicyclic) bond motifs is 2.